The van der Waals surface area contributed by atoms with Gasteiger partial charge in [0.1, 0.15) is 9.71 Å². The molecule has 1 unspecified atom stereocenters. The minimum absolute atomic E-state index is 0.00110. The van der Waals surface area contributed by atoms with E-state index < -0.39 is 0 Å². The van der Waals surface area contributed by atoms with Gasteiger partial charge in [-0.1, -0.05) is 25.1 Å². The number of nitrogen functional groups attached to an aromatic ring is 1. The molecule has 4 aromatic rings. The first-order valence-corrected chi connectivity index (χ1v) is 11.8. The molecule has 152 valence electrons. The van der Waals surface area contributed by atoms with E-state index in [2.05, 4.69) is 31.2 Å². The number of benzene rings is 1. The van der Waals surface area contributed by atoms with Crippen molar-refractivity contribution in [2.24, 2.45) is 5.92 Å². The highest BCUT2D eigenvalue weighted by Gasteiger charge is 2.27. The number of fused-ring (bicyclic) bond motifs is 5. The van der Waals surface area contributed by atoms with Gasteiger partial charge in [-0.15, -0.1) is 11.3 Å². The second-order valence-electron chi connectivity index (χ2n) is 8.93. The number of anilines is 1. The van der Waals surface area contributed by atoms with Crippen molar-refractivity contribution in [1.82, 2.24) is 9.55 Å². The largest absolute Gasteiger partial charge is 0.397 e. The van der Waals surface area contributed by atoms with Gasteiger partial charge in [0.25, 0.3) is 5.91 Å². The summed E-state index contributed by atoms with van der Waals surface area (Å²) in [6.45, 7) is 2.29. The van der Waals surface area contributed by atoms with Crippen molar-refractivity contribution in [1.29, 1.82) is 0 Å². The number of aryl methyl sites for hydroxylation is 2. The van der Waals surface area contributed by atoms with Crippen LogP contribution >= 0.6 is 11.3 Å². The third-order valence-electron chi connectivity index (χ3n) is 6.91. The lowest BCUT2D eigenvalue weighted by molar-refractivity contribution is 0.0966. The van der Waals surface area contributed by atoms with Crippen LogP contribution in [0.4, 0.5) is 5.69 Å². The Labute approximate surface area is 179 Å². The summed E-state index contributed by atoms with van der Waals surface area (Å²) in [5, 5.41) is 2.16. The molecule has 2 aliphatic carbocycles. The van der Waals surface area contributed by atoms with E-state index >= 15 is 0 Å². The molecule has 1 aromatic carbocycles. The van der Waals surface area contributed by atoms with Crippen LogP contribution in [0.25, 0.3) is 21.1 Å². The smallest absolute Gasteiger partial charge is 0.274 e. The lowest BCUT2D eigenvalue weighted by atomic mass is 9.87. The van der Waals surface area contributed by atoms with Crippen molar-refractivity contribution in [3.05, 3.63) is 57.7 Å². The molecule has 5 heteroatoms. The van der Waals surface area contributed by atoms with Crippen molar-refractivity contribution in [3.63, 3.8) is 0 Å². The van der Waals surface area contributed by atoms with E-state index in [0.717, 1.165) is 47.8 Å². The molecule has 0 bridgehead atoms. The summed E-state index contributed by atoms with van der Waals surface area (Å²) in [4.78, 5) is 20.3. The number of para-hydroxylation sites is 1. The summed E-state index contributed by atoms with van der Waals surface area (Å²) in [5.74, 6) is 0.677. The van der Waals surface area contributed by atoms with E-state index in [1.165, 1.54) is 52.1 Å². The maximum absolute atomic E-state index is 13.8. The van der Waals surface area contributed by atoms with Crippen LogP contribution in [-0.2, 0) is 25.7 Å². The average Bonchev–Trinajstić information content (AvgIpc) is 3.27. The van der Waals surface area contributed by atoms with Crippen molar-refractivity contribution in [3.8, 4) is 0 Å². The lowest BCUT2D eigenvalue weighted by Gasteiger charge is -2.20. The molecule has 3 heterocycles. The maximum atomic E-state index is 13.8. The van der Waals surface area contributed by atoms with Gasteiger partial charge in [0, 0.05) is 22.2 Å². The summed E-state index contributed by atoms with van der Waals surface area (Å²) in [5.41, 5.74) is 13.2. The molecule has 2 aliphatic rings. The Morgan fingerprint density at radius 3 is 2.90 bits per heavy atom. The Morgan fingerprint density at radius 2 is 2.00 bits per heavy atom. The first-order valence-electron chi connectivity index (χ1n) is 11.0. The number of pyridine rings is 1. The van der Waals surface area contributed by atoms with Crippen LogP contribution in [0.2, 0.25) is 0 Å². The Hall–Kier alpha value is -2.66. The molecule has 0 radical (unpaired) electrons. The fourth-order valence-corrected chi connectivity index (χ4v) is 6.39. The molecule has 0 aliphatic heterocycles. The molecule has 0 saturated heterocycles. The zero-order chi connectivity index (χ0) is 20.4. The van der Waals surface area contributed by atoms with E-state index in [0.29, 0.717) is 16.5 Å². The molecule has 30 heavy (non-hydrogen) atoms. The van der Waals surface area contributed by atoms with Crippen LogP contribution in [-0.4, -0.2) is 15.5 Å². The SMILES string of the molecule is CC1CCc2nc3sc(C(=O)n4c5c(c6ccccc64)CCCC5)c(N)c3cc2C1. The van der Waals surface area contributed by atoms with Crippen LogP contribution < -0.4 is 5.73 Å². The van der Waals surface area contributed by atoms with E-state index in [9.17, 15) is 4.79 Å². The molecule has 0 fully saturated rings. The zero-order valence-corrected chi connectivity index (χ0v) is 18.0. The predicted octanol–water partition coefficient (Wildman–Crippen LogP) is 5.53. The number of hydrogen-bond acceptors (Lipinski definition) is 4. The molecular weight excluding hydrogens is 390 g/mol. The number of nitrogens with two attached hydrogens (primary N) is 1. The molecular formula is C25H25N3OS. The van der Waals surface area contributed by atoms with Crippen molar-refractivity contribution >= 4 is 44.1 Å². The quantitative estimate of drug-likeness (QED) is 0.445. The van der Waals surface area contributed by atoms with Gasteiger partial charge in [-0.2, -0.15) is 0 Å². The van der Waals surface area contributed by atoms with Crippen LogP contribution in [0.15, 0.2) is 30.3 Å². The number of nitrogens with zero attached hydrogens (tertiary/aromatic N) is 2. The third-order valence-corrected chi connectivity index (χ3v) is 8.01. The highest BCUT2D eigenvalue weighted by Crippen LogP contribution is 2.39. The van der Waals surface area contributed by atoms with Crippen LogP contribution in [0, 0.1) is 5.92 Å². The molecule has 6 rings (SSSR count). The van der Waals surface area contributed by atoms with Gasteiger partial charge in [-0.05, 0) is 74.1 Å². The van der Waals surface area contributed by atoms with Crippen LogP contribution in [0.1, 0.15) is 58.4 Å². The second-order valence-corrected chi connectivity index (χ2v) is 9.93. The first-order chi connectivity index (χ1) is 14.6. The van der Waals surface area contributed by atoms with Gasteiger partial charge < -0.3 is 5.73 Å². The summed E-state index contributed by atoms with van der Waals surface area (Å²) in [6, 6.07) is 10.5. The Kier molecular flexibility index (Phi) is 4.03. The predicted molar refractivity (Wildman–Crippen MR) is 124 cm³/mol. The molecule has 1 atom stereocenters. The van der Waals surface area contributed by atoms with Crippen LogP contribution in [0.3, 0.4) is 0 Å². The van der Waals surface area contributed by atoms with Crippen molar-refractivity contribution < 1.29 is 4.79 Å². The third kappa shape index (κ3) is 2.58. The fourth-order valence-electron chi connectivity index (χ4n) is 5.36. The minimum Gasteiger partial charge on any atom is -0.397 e. The van der Waals surface area contributed by atoms with E-state index in [4.69, 9.17) is 10.7 Å². The van der Waals surface area contributed by atoms with Gasteiger partial charge in [0.15, 0.2) is 0 Å². The zero-order valence-electron chi connectivity index (χ0n) is 17.2. The summed E-state index contributed by atoms with van der Waals surface area (Å²) in [6.07, 6.45) is 7.56. The van der Waals surface area contributed by atoms with E-state index in [-0.39, 0.29) is 5.91 Å². The van der Waals surface area contributed by atoms with Gasteiger partial charge in [-0.25, -0.2) is 4.98 Å². The average molecular weight is 416 g/mol. The fraction of sp³-hybridized carbons (Fsp3) is 0.360. The monoisotopic (exact) mass is 415 g/mol. The Bertz CT molecular complexity index is 1330. The molecule has 2 N–H and O–H groups in total. The van der Waals surface area contributed by atoms with Gasteiger partial charge >= 0.3 is 0 Å². The Balaban J connectivity index is 1.53. The highest BCUT2D eigenvalue weighted by molar-refractivity contribution is 7.21. The van der Waals surface area contributed by atoms with E-state index in [1.54, 1.807) is 0 Å². The molecule has 0 amide bonds. The van der Waals surface area contributed by atoms with Crippen molar-refractivity contribution in [2.45, 2.75) is 51.9 Å². The number of carbonyl (C=O) groups excluding carboxylic acids is 1. The topological polar surface area (TPSA) is 60.9 Å². The van der Waals surface area contributed by atoms with Crippen molar-refractivity contribution in [2.75, 3.05) is 5.73 Å². The maximum Gasteiger partial charge on any atom is 0.274 e. The number of rotatable bonds is 1. The number of thiophene rings is 1. The second kappa shape index (κ2) is 6.67. The minimum atomic E-state index is 0.00110. The van der Waals surface area contributed by atoms with Gasteiger partial charge in [0.05, 0.1) is 11.2 Å². The molecule has 3 aromatic heterocycles. The molecule has 0 saturated carbocycles. The van der Waals surface area contributed by atoms with Gasteiger partial charge in [-0.3, -0.25) is 9.36 Å². The standard InChI is InChI=1S/C25H25N3OS/c1-14-10-11-19-15(12-14)13-18-22(26)23(30-24(18)27-19)25(29)28-20-8-4-2-6-16(20)17-7-3-5-9-21(17)28/h2,4,6,8,13-14H,3,5,7,9-12,26H2,1H3. The Morgan fingerprint density at radius 1 is 1.17 bits per heavy atom. The number of hydrogen-bond donors (Lipinski definition) is 1. The highest BCUT2D eigenvalue weighted by atomic mass is 32.1. The van der Waals surface area contributed by atoms with E-state index in [1.807, 2.05) is 10.6 Å². The molecule has 0 spiro atoms. The lowest BCUT2D eigenvalue weighted by Crippen LogP contribution is -2.17. The first kappa shape index (κ1) is 18.1. The van der Waals surface area contributed by atoms with Crippen LogP contribution in [0.5, 0.6) is 0 Å². The summed E-state index contributed by atoms with van der Waals surface area (Å²) < 4.78 is 1.94. The molecule has 4 nitrogen and oxygen atoms in total. The normalized spacial score (nSPS) is 18.5. The summed E-state index contributed by atoms with van der Waals surface area (Å²) in [7, 11) is 0. The number of carbonyl (C=O) groups is 1. The summed E-state index contributed by atoms with van der Waals surface area (Å²) >= 11 is 1.46. The number of aromatic nitrogens is 2. The van der Waals surface area contributed by atoms with Gasteiger partial charge in [0.2, 0.25) is 0 Å².